The Kier molecular flexibility index (Phi) is 75.3. The minimum atomic E-state index is -0.843. The molecule has 0 bridgehead atoms. The van der Waals surface area contributed by atoms with Gasteiger partial charge in [-0.05, 0) is 57.8 Å². The van der Waals surface area contributed by atoms with E-state index in [-0.39, 0.29) is 18.5 Å². The van der Waals surface area contributed by atoms with Crippen molar-refractivity contribution >= 4 is 11.9 Å². The molecule has 0 saturated carbocycles. The van der Waals surface area contributed by atoms with E-state index < -0.39 is 12.1 Å². The lowest BCUT2D eigenvalue weighted by Gasteiger charge is -2.20. The molecule has 0 saturated heterocycles. The second-order valence-corrected chi connectivity index (χ2v) is 27.8. The summed E-state index contributed by atoms with van der Waals surface area (Å²) in [5, 5.41) is 23.3. The van der Waals surface area contributed by atoms with Crippen LogP contribution >= 0.6 is 0 Å². The van der Waals surface area contributed by atoms with Crippen LogP contribution in [-0.2, 0) is 14.3 Å². The smallest absolute Gasteiger partial charge is 0.305 e. The lowest BCUT2D eigenvalue weighted by atomic mass is 10.0. The van der Waals surface area contributed by atoms with Gasteiger partial charge in [-0.2, -0.15) is 0 Å². The van der Waals surface area contributed by atoms with Crippen LogP contribution < -0.4 is 5.32 Å². The number of hydrogen-bond acceptors (Lipinski definition) is 5. The van der Waals surface area contributed by atoms with Gasteiger partial charge < -0.3 is 20.3 Å². The standard InChI is InChI=1S/C81H157NO5/c1-3-5-7-9-11-13-15-17-19-21-22-23-35-38-42-45-49-53-57-61-65-69-73-79(84)78(77-83)82-80(85)74-70-66-62-58-54-50-46-43-39-36-33-31-29-27-25-24-26-28-30-32-34-37-40-44-48-52-56-60-64-68-72-76-87-81(86)75-71-67-63-59-55-51-47-41-20-18-16-14-12-10-8-6-4-2/h18,20,69,73,78-79,83-84H,3-17,19,21-68,70-72,74-77H2,1-2H3,(H,82,85)/b20-18-,73-69+. The second-order valence-electron chi connectivity index (χ2n) is 27.8. The molecule has 87 heavy (non-hydrogen) atoms. The van der Waals surface area contributed by atoms with Crippen LogP contribution in [0.5, 0.6) is 0 Å². The second kappa shape index (κ2) is 76.8. The van der Waals surface area contributed by atoms with Gasteiger partial charge >= 0.3 is 5.97 Å². The molecule has 6 nitrogen and oxygen atoms in total. The normalized spacial score (nSPS) is 12.6. The van der Waals surface area contributed by atoms with Crippen LogP contribution in [0.1, 0.15) is 457 Å². The van der Waals surface area contributed by atoms with Gasteiger partial charge in [-0.3, -0.25) is 9.59 Å². The van der Waals surface area contributed by atoms with Gasteiger partial charge in [-0.15, -0.1) is 0 Å². The Morgan fingerprint density at radius 3 is 0.816 bits per heavy atom. The van der Waals surface area contributed by atoms with Gasteiger partial charge in [-0.1, -0.05) is 411 Å². The number of esters is 1. The first-order valence-electron chi connectivity index (χ1n) is 40.1. The van der Waals surface area contributed by atoms with Crippen molar-refractivity contribution in [3.63, 3.8) is 0 Å². The molecule has 2 unspecified atom stereocenters. The highest BCUT2D eigenvalue weighted by molar-refractivity contribution is 5.76. The quantitative estimate of drug-likeness (QED) is 0.0320. The molecule has 0 rings (SSSR count). The maximum atomic E-state index is 12.5. The number of amides is 1. The number of ether oxygens (including phenoxy) is 1. The van der Waals surface area contributed by atoms with Crippen molar-refractivity contribution in [2.24, 2.45) is 0 Å². The highest BCUT2D eigenvalue weighted by Gasteiger charge is 2.18. The summed E-state index contributed by atoms with van der Waals surface area (Å²) in [6, 6.07) is -0.626. The van der Waals surface area contributed by atoms with Gasteiger partial charge in [-0.25, -0.2) is 0 Å². The van der Waals surface area contributed by atoms with Gasteiger partial charge in [0, 0.05) is 12.8 Å². The fraction of sp³-hybridized carbons (Fsp3) is 0.926. The Hall–Kier alpha value is -1.66. The van der Waals surface area contributed by atoms with Crippen molar-refractivity contribution in [2.75, 3.05) is 13.2 Å². The number of allylic oxidation sites excluding steroid dienone is 3. The zero-order chi connectivity index (χ0) is 62.8. The van der Waals surface area contributed by atoms with Gasteiger partial charge in [0.1, 0.15) is 0 Å². The van der Waals surface area contributed by atoms with E-state index in [4.69, 9.17) is 4.74 Å². The molecule has 0 heterocycles. The van der Waals surface area contributed by atoms with Crippen LogP contribution in [-0.4, -0.2) is 47.4 Å². The topological polar surface area (TPSA) is 95.9 Å². The first-order chi connectivity index (χ1) is 43.0. The van der Waals surface area contributed by atoms with Gasteiger partial charge in [0.05, 0.1) is 25.4 Å². The number of hydrogen-bond donors (Lipinski definition) is 3. The van der Waals surface area contributed by atoms with Crippen LogP contribution in [0.4, 0.5) is 0 Å². The fourth-order valence-electron chi connectivity index (χ4n) is 12.9. The number of unbranched alkanes of at least 4 members (excludes halogenated alkanes) is 63. The zero-order valence-electron chi connectivity index (χ0n) is 59.3. The van der Waals surface area contributed by atoms with Crippen molar-refractivity contribution in [2.45, 2.75) is 469 Å². The monoisotopic (exact) mass is 1220 g/mol. The molecule has 2 atom stereocenters. The molecule has 516 valence electrons. The molecule has 0 aromatic carbocycles. The van der Waals surface area contributed by atoms with Crippen molar-refractivity contribution < 1.29 is 24.5 Å². The number of carbonyl (C=O) groups is 2. The molecular formula is C81H157NO5. The molecule has 0 aliphatic carbocycles. The Balaban J connectivity index is 3.35. The van der Waals surface area contributed by atoms with E-state index in [0.29, 0.717) is 19.4 Å². The van der Waals surface area contributed by atoms with Crippen LogP contribution in [0.25, 0.3) is 0 Å². The summed E-state index contributed by atoms with van der Waals surface area (Å²) in [6.45, 7) is 4.95. The van der Waals surface area contributed by atoms with Crippen molar-refractivity contribution in [3.8, 4) is 0 Å². The summed E-state index contributed by atoms with van der Waals surface area (Å²) in [4.78, 5) is 24.7. The summed E-state index contributed by atoms with van der Waals surface area (Å²) in [6.07, 6.45) is 98.7. The fourth-order valence-corrected chi connectivity index (χ4v) is 12.9. The lowest BCUT2D eigenvalue weighted by Crippen LogP contribution is -2.45. The van der Waals surface area contributed by atoms with Gasteiger partial charge in [0.15, 0.2) is 0 Å². The largest absolute Gasteiger partial charge is 0.466 e. The average molecular weight is 1230 g/mol. The van der Waals surface area contributed by atoms with Crippen LogP contribution in [0, 0.1) is 0 Å². The summed E-state index contributed by atoms with van der Waals surface area (Å²) in [7, 11) is 0. The molecule has 0 aliphatic heterocycles. The van der Waals surface area contributed by atoms with E-state index in [1.54, 1.807) is 6.08 Å². The SMILES string of the molecule is CCCCCCCC/C=C\CCCCCCCCCC(=O)OCCCCCCCCCCCCCCCCCCCCCCCCCCCCCCCCCC(=O)NC(CO)C(O)/C=C/CCCCCCCCCCCCCCCCCCCCCC. The molecule has 0 aliphatic rings. The Morgan fingerprint density at radius 2 is 0.540 bits per heavy atom. The molecule has 0 spiro atoms. The molecule has 1 amide bonds. The van der Waals surface area contributed by atoms with E-state index in [2.05, 4.69) is 31.3 Å². The Morgan fingerprint density at radius 1 is 0.310 bits per heavy atom. The maximum absolute atomic E-state index is 12.5. The minimum absolute atomic E-state index is 0.0181. The van der Waals surface area contributed by atoms with Gasteiger partial charge in [0.2, 0.25) is 5.91 Å². The summed E-state index contributed by atoms with van der Waals surface area (Å²) in [5.41, 5.74) is 0. The van der Waals surface area contributed by atoms with Crippen molar-refractivity contribution in [3.05, 3.63) is 24.3 Å². The Bertz CT molecular complexity index is 1360. The third kappa shape index (κ3) is 73.3. The first kappa shape index (κ1) is 85.3. The highest BCUT2D eigenvalue weighted by Crippen LogP contribution is 2.20. The lowest BCUT2D eigenvalue weighted by molar-refractivity contribution is -0.143. The maximum Gasteiger partial charge on any atom is 0.305 e. The summed E-state index contributed by atoms with van der Waals surface area (Å²) < 4.78 is 5.51. The minimum Gasteiger partial charge on any atom is -0.466 e. The zero-order valence-corrected chi connectivity index (χ0v) is 59.3. The predicted molar refractivity (Wildman–Crippen MR) is 384 cm³/mol. The third-order valence-electron chi connectivity index (χ3n) is 19.0. The number of carbonyl (C=O) groups excluding carboxylic acids is 2. The van der Waals surface area contributed by atoms with Crippen LogP contribution in [0.15, 0.2) is 24.3 Å². The molecule has 0 aromatic rings. The molecular weight excluding hydrogens is 1070 g/mol. The molecule has 6 heteroatoms. The van der Waals surface area contributed by atoms with E-state index in [1.165, 1.54) is 385 Å². The predicted octanol–water partition coefficient (Wildman–Crippen LogP) is 26.4. The van der Waals surface area contributed by atoms with Crippen molar-refractivity contribution in [1.29, 1.82) is 0 Å². The van der Waals surface area contributed by atoms with E-state index in [1.807, 2.05) is 6.08 Å². The van der Waals surface area contributed by atoms with Crippen LogP contribution in [0.2, 0.25) is 0 Å². The van der Waals surface area contributed by atoms with Gasteiger partial charge in [0.25, 0.3) is 0 Å². The molecule has 0 radical (unpaired) electrons. The molecule has 0 fully saturated rings. The van der Waals surface area contributed by atoms with E-state index in [9.17, 15) is 19.8 Å². The van der Waals surface area contributed by atoms with Crippen LogP contribution in [0.3, 0.4) is 0 Å². The first-order valence-corrected chi connectivity index (χ1v) is 40.1. The Labute approximate surface area is 545 Å². The summed E-state index contributed by atoms with van der Waals surface area (Å²) in [5.74, 6) is -0.0405. The number of aliphatic hydroxyl groups excluding tert-OH is 2. The highest BCUT2D eigenvalue weighted by atomic mass is 16.5. The third-order valence-corrected chi connectivity index (χ3v) is 19.0. The summed E-state index contributed by atoms with van der Waals surface area (Å²) >= 11 is 0. The number of nitrogens with one attached hydrogen (secondary N) is 1. The van der Waals surface area contributed by atoms with E-state index in [0.717, 1.165) is 44.9 Å². The molecule has 3 N–H and O–H groups in total. The average Bonchev–Trinajstić information content (AvgIpc) is 3.53. The number of rotatable bonds is 76. The van der Waals surface area contributed by atoms with E-state index >= 15 is 0 Å². The number of aliphatic hydroxyl groups is 2. The molecule has 0 aromatic heterocycles. The van der Waals surface area contributed by atoms with Crippen molar-refractivity contribution in [1.82, 2.24) is 5.32 Å².